The van der Waals surface area contributed by atoms with Gasteiger partial charge in [-0.2, -0.15) is 0 Å². The van der Waals surface area contributed by atoms with Crippen LogP contribution in [-0.2, 0) is 11.8 Å². The van der Waals surface area contributed by atoms with E-state index in [0.717, 1.165) is 35.1 Å². The summed E-state index contributed by atoms with van der Waals surface area (Å²) in [5, 5.41) is 0.997. The molecule has 0 saturated carbocycles. The third-order valence-corrected chi connectivity index (χ3v) is 6.88. The van der Waals surface area contributed by atoms with Crippen LogP contribution in [0.2, 0.25) is 0 Å². The highest BCUT2D eigenvalue weighted by atomic mass is 16.2. The number of hydrogen-bond acceptors (Lipinski definition) is 2. The molecule has 5 rings (SSSR count). The summed E-state index contributed by atoms with van der Waals surface area (Å²) in [6.45, 7) is 4.09. The molecule has 0 radical (unpaired) electrons. The highest BCUT2D eigenvalue weighted by molar-refractivity contribution is 6.06. The number of benzene rings is 2. The van der Waals surface area contributed by atoms with Gasteiger partial charge in [-0.25, -0.2) is 0 Å². The van der Waals surface area contributed by atoms with Crippen LogP contribution in [0.5, 0.6) is 0 Å². The molecule has 0 unspecified atom stereocenters. The number of fused-ring (bicyclic) bond motifs is 2. The first-order chi connectivity index (χ1) is 14.6. The van der Waals surface area contributed by atoms with Gasteiger partial charge in [-0.05, 0) is 23.8 Å². The van der Waals surface area contributed by atoms with Gasteiger partial charge >= 0.3 is 0 Å². The normalized spacial score (nSPS) is 23.2. The Morgan fingerprint density at radius 1 is 0.967 bits per heavy atom. The Hall–Kier alpha value is -3.08. The van der Waals surface area contributed by atoms with E-state index in [4.69, 9.17) is 0 Å². The maximum atomic E-state index is 13.8. The second-order valence-corrected chi connectivity index (χ2v) is 8.55. The standard InChI is InChI=1S/C25H27N3O2/c1-3-23(29)27-14-18-15-28(24(21(18)16-27)17-8-5-4-6-9-17)25(30)20-10-7-11-22-19(20)12-13-26(22)2/h4-13,18,21,24H,3,14-16H2,1-2H3/t18-,21-,24+/m0/s1. The zero-order chi connectivity index (χ0) is 20.8. The minimum atomic E-state index is -0.00248. The molecular weight excluding hydrogens is 374 g/mol. The van der Waals surface area contributed by atoms with Crippen molar-refractivity contribution in [1.29, 1.82) is 0 Å². The van der Waals surface area contributed by atoms with Crippen LogP contribution in [0.1, 0.15) is 35.3 Å². The van der Waals surface area contributed by atoms with Gasteiger partial charge in [0.1, 0.15) is 0 Å². The first kappa shape index (κ1) is 18.9. The quantitative estimate of drug-likeness (QED) is 0.669. The van der Waals surface area contributed by atoms with E-state index in [1.54, 1.807) is 0 Å². The number of likely N-dealkylation sites (tertiary alicyclic amines) is 2. The lowest BCUT2D eigenvalue weighted by Gasteiger charge is -2.30. The molecule has 0 bridgehead atoms. The molecule has 2 amide bonds. The molecule has 0 aliphatic carbocycles. The van der Waals surface area contributed by atoms with Crippen LogP contribution in [0.4, 0.5) is 0 Å². The molecule has 3 heterocycles. The second kappa shape index (κ2) is 7.31. The van der Waals surface area contributed by atoms with Crippen molar-refractivity contribution >= 4 is 22.7 Å². The van der Waals surface area contributed by atoms with Crippen molar-refractivity contribution in [2.75, 3.05) is 19.6 Å². The summed E-state index contributed by atoms with van der Waals surface area (Å²) in [4.78, 5) is 30.2. The van der Waals surface area contributed by atoms with Gasteiger partial charge in [0.2, 0.25) is 5.91 Å². The van der Waals surface area contributed by atoms with Gasteiger partial charge in [0.25, 0.3) is 5.91 Å². The zero-order valence-corrected chi connectivity index (χ0v) is 17.5. The predicted molar refractivity (Wildman–Crippen MR) is 117 cm³/mol. The van der Waals surface area contributed by atoms with Crippen LogP contribution in [-0.4, -0.2) is 45.8 Å². The van der Waals surface area contributed by atoms with Crippen LogP contribution in [0.15, 0.2) is 60.8 Å². The highest BCUT2D eigenvalue weighted by Crippen LogP contribution is 2.46. The summed E-state index contributed by atoms with van der Waals surface area (Å²) < 4.78 is 2.05. The van der Waals surface area contributed by atoms with Crippen molar-refractivity contribution in [2.45, 2.75) is 19.4 Å². The first-order valence-electron chi connectivity index (χ1n) is 10.8. The van der Waals surface area contributed by atoms with Gasteiger partial charge in [0.15, 0.2) is 0 Å². The molecule has 2 aromatic carbocycles. The lowest BCUT2D eigenvalue weighted by Crippen LogP contribution is -2.37. The molecule has 1 aromatic heterocycles. The maximum Gasteiger partial charge on any atom is 0.255 e. The minimum absolute atomic E-state index is 0.00248. The van der Waals surface area contributed by atoms with Gasteiger partial charge in [-0.1, -0.05) is 43.3 Å². The molecule has 2 saturated heterocycles. The summed E-state index contributed by atoms with van der Waals surface area (Å²) in [5.74, 6) is 0.901. The largest absolute Gasteiger partial charge is 0.351 e. The molecule has 2 aliphatic heterocycles. The van der Waals surface area contributed by atoms with E-state index in [1.165, 1.54) is 0 Å². The zero-order valence-electron chi connectivity index (χ0n) is 17.5. The van der Waals surface area contributed by atoms with Gasteiger partial charge in [0, 0.05) is 67.6 Å². The average Bonchev–Trinajstić information content (AvgIpc) is 3.46. The fraction of sp³-hybridized carbons (Fsp3) is 0.360. The Bertz CT molecular complexity index is 1100. The molecule has 5 heteroatoms. The van der Waals surface area contributed by atoms with E-state index in [2.05, 4.69) is 17.0 Å². The second-order valence-electron chi connectivity index (χ2n) is 8.55. The summed E-state index contributed by atoms with van der Waals surface area (Å²) in [7, 11) is 2.00. The molecule has 3 aromatic rings. The Labute approximate surface area is 176 Å². The Morgan fingerprint density at radius 3 is 2.53 bits per heavy atom. The molecule has 3 atom stereocenters. The summed E-state index contributed by atoms with van der Waals surface area (Å²) in [6.07, 6.45) is 2.54. The van der Waals surface area contributed by atoms with Crippen molar-refractivity contribution in [3.63, 3.8) is 0 Å². The van der Waals surface area contributed by atoms with Crippen LogP contribution >= 0.6 is 0 Å². The van der Waals surface area contributed by atoms with Gasteiger partial charge < -0.3 is 14.4 Å². The van der Waals surface area contributed by atoms with Crippen LogP contribution in [0.25, 0.3) is 10.9 Å². The van der Waals surface area contributed by atoms with E-state index in [9.17, 15) is 9.59 Å². The lowest BCUT2D eigenvalue weighted by molar-refractivity contribution is -0.130. The van der Waals surface area contributed by atoms with Crippen LogP contribution < -0.4 is 0 Å². The van der Waals surface area contributed by atoms with Crippen molar-refractivity contribution in [3.8, 4) is 0 Å². The van der Waals surface area contributed by atoms with E-state index >= 15 is 0 Å². The number of amides is 2. The molecule has 2 fully saturated rings. The molecular formula is C25H27N3O2. The average molecular weight is 402 g/mol. The van der Waals surface area contributed by atoms with E-state index in [0.29, 0.717) is 18.9 Å². The van der Waals surface area contributed by atoms with Crippen molar-refractivity contribution in [2.24, 2.45) is 18.9 Å². The number of carbonyl (C=O) groups excluding carboxylic acids is 2. The fourth-order valence-electron chi connectivity index (χ4n) is 5.40. The number of aryl methyl sites for hydroxylation is 1. The fourth-order valence-corrected chi connectivity index (χ4v) is 5.40. The Balaban J connectivity index is 1.53. The smallest absolute Gasteiger partial charge is 0.255 e. The summed E-state index contributed by atoms with van der Waals surface area (Å²) in [5.41, 5.74) is 2.98. The number of aromatic nitrogens is 1. The molecule has 2 aliphatic rings. The first-order valence-corrected chi connectivity index (χ1v) is 10.8. The van der Waals surface area contributed by atoms with E-state index < -0.39 is 0 Å². The van der Waals surface area contributed by atoms with Gasteiger partial charge in [-0.3, -0.25) is 9.59 Å². The monoisotopic (exact) mass is 401 g/mol. The predicted octanol–water partition coefficient (Wildman–Crippen LogP) is 3.86. The summed E-state index contributed by atoms with van der Waals surface area (Å²) >= 11 is 0. The summed E-state index contributed by atoms with van der Waals surface area (Å²) in [6, 6.07) is 18.3. The van der Waals surface area contributed by atoms with Crippen LogP contribution in [0.3, 0.4) is 0 Å². The van der Waals surface area contributed by atoms with Crippen molar-refractivity contribution in [3.05, 3.63) is 71.9 Å². The maximum absolute atomic E-state index is 13.8. The van der Waals surface area contributed by atoms with Gasteiger partial charge in [-0.15, -0.1) is 0 Å². The van der Waals surface area contributed by atoms with Crippen molar-refractivity contribution in [1.82, 2.24) is 14.4 Å². The SMILES string of the molecule is CCC(=O)N1C[C@H]2CN(C(=O)c3cccc4c3ccn4C)[C@H](c3ccccc3)[C@H]2C1. The van der Waals surface area contributed by atoms with E-state index in [1.807, 2.05) is 72.1 Å². The molecule has 0 N–H and O–H groups in total. The van der Waals surface area contributed by atoms with Gasteiger partial charge in [0.05, 0.1) is 6.04 Å². The molecule has 30 heavy (non-hydrogen) atoms. The molecule has 154 valence electrons. The van der Waals surface area contributed by atoms with Crippen molar-refractivity contribution < 1.29 is 9.59 Å². The Kier molecular flexibility index (Phi) is 4.61. The van der Waals surface area contributed by atoms with Crippen LogP contribution in [0, 0.1) is 11.8 Å². The third kappa shape index (κ3) is 2.92. The topological polar surface area (TPSA) is 45.6 Å². The minimum Gasteiger partial charge on any atom is -0.351 e. The third-order valence-electron chi connectivity index (χ3n) is 6.88. The lowest BCUT2D eigenvalue weighted by atomic mass is 9.89. The number of rotatable bonds is 3. The number of nitrogens with zero attached hydrogens (tertiary/aromatic N) is 3. The number of carbonyl (C=O) groups is 2. The molecule has 5 nitrogen and oxygen atoms in total. The number of hydrogen-bond donors (Lipinski definition) is 0. The van der Waals surface area contributed by atoms with E-state index in [-0.39, 0.29) is 23.8 Å². The Morgan fingerprint density at radius 2 is 1.77 bits per heavy atom. The highest BCUT2D eigenvalue weighted by Gasteiger charge is 2.50. The molecule has 0 spiro atoms.